The Bertz CT molecular complexity index is 491. The van der Waals surface area contributed by atoms with Crippen LogP contribution in [-0.4, -0.2) is 22.5 Å². The Labute approximate surface area is 131 Å². The summed E-state index contributed by atoms with van der Waals surface area (Å²) in [5, 5.41) is 5.35. The van der Waals surface area contributed by atoms with Crippen LogP contribution in [0.15, 0.2) is 0 Å². The Morgan fingerprint density at radius 1 is 1.35 bits per heavy atom. The van der Waals surface area contributed by atoms with E-state index in [0.29, 0.717) is 0 Å². The minimum Gasteiger partial charge on any atom is -0.301 e. The Kier molecular flexibility index (Phi) is 3.93. The van der Waals surface area contributed by atoms with Gasteiger partial charge in [0, 0.05) is 16.7 Å². The number of aryl methyl sites for hydroxylation is 2. The first kappa shape index (κ1) is 14.9. The minimum absolute atomic E-state index is 0.0833. The van der Waals surface area contributed by atoms with Crippen molar-refractivity contribution in [2.24, 2.45) is 5.41 Å². The van der Waals surface area contributed by atoms with E-state index >= 15 is 0 Å². The molecular formula is C16H26N2S2. The van der Waals surface area contributed by atoms with Crippen LogP contribution >= 0.6 is 23.1 Å². The molecule has 20 heavy (non-hydrogen) atoms. The van der Waals surface area contributed by atoms with Crippen molar-refractivity contribution in [3.05, 3.63) is 15.6 Å². The van der Waals surface area contributed by atoms with Gasteiger partial charge >= 0.3 is 0 Å². The van der Waals surface area contributed by atoms with Gasteiger partial charge in [0.1, 0.15) is 5.01 Å². The van der Waals surface area contributed by atoms with E-state index in [1.165, 1.54) is 46.3 Å². The molecule has 112 valence electrons. The second kappa shape index (κ2) is 5.29. The molecule has 4 heteroatoms. The van der Waals surface area contributed by atoms with Crippen molar-refractivity contribution in [3.63, 3.8) is 0 Å². The Morgan fingerprint density at radius 2 is 2.10 bits per heavy atom. The van der Waals surface area contributed by atoms with Gasteiger partial charge < -0.3 is 5.32 Å². The lowest BCUT2D eigenvalue weighted by Gasteiger charge is -2.49. The zero-order valence-corrected chi connectivity index (χ0v) is 14.7. The third-order valence-electron chi connectivity index (χ3n) is 4.97. The normalized spacial score (nSPS) is 29.6. The van der Waals surface area contributed by atoms with Crippen molar-refractivity contribution in [1.82, 2.24) is 10.3 Å². The highest BCUT2D eigenvalue weighted by Gasteiger charge is 2.52. The summed E-state index contributed by atoms with van der Waals surface area (Å²) >= 11 is 4.03. The fraction of sp³-hybridized carbons (Fsp3) is 0.812. The first-order valence-corrected chi connectivity index (χ1v) is 9.78. The van der Waals surface area contributed by atoms with Gasteiger partial charge in [-0.2, -0.15) is 11.8 Å². The fourth-order valence-corrected chi connectivity index (χ4v) is 6.27. The average Bonchev–Trinajstić information content (AvgIpc) is 3.13. The molecule has 0 amide bonds. The monoisotopic (exact) mass is 310 g/mol. The molecule has 2 heterocycles. The molecule has 1 aliphatic carbocycles. The number of nitrogens with one attached hydrogen (secondary N) is 1. The highest BCUT2D eigenvalue weighted by atomic mass is 32.2. The van der Waals surface area contributed by atoms with Crippen LogP contribution < -0.4 is 5.32 Å². The summed E-state index contributed by atoms with van der Waals surface area (Å²) < 4.78 is 0. The predicted octanol–water partition coefficient (Wildman–Crippen LogP) is 4.12. The van der Waals surface area contributed by atoms with Gasteiger partial charge in [0.15, 0.2) is 0 Å². The van der Waals surface area contributed by atoms with Gasteiger partial charge in [-0.25, -0.2) is 4.98 Å². The van der Waals surface area contributed by atoms with E-state index in [4.69, 9.17) is 4.98 Å². The van der Waals surface area contributed by atoms with Crippen molar-refractivity contribution in [2.75, 3.05) is 11.5 Å². The highest BCUT2D eigenvalue weighted by molar-refractivity contribution is 7.99. The fourth-order valence-electron chi connectivity index (χ4n) is 3.13. The van der Waals surface area contributed by atoms with E-state index in [0.717, 1.165) is 12.5 Å². The van der Waals surface area contributed by atoms with Crippen LogP contribution in [0.4, 0.5) is 0 Å². The average molecular weight is 311 g/mol. The van der Waals surface area contributed by atoms with Gasteiger partial charge in [-0.15, -0.1) is 11.3 Å². The minimum atomic E-state index is 0.0833. The van der Waals surface area contributed by atoms with E-state index in [1.54, 1.807) is 0 Å². The lowest BCUT2D eigenvalue weighted by molar-refractivity contribution is 0.126. The molecule has 2 nitrogen and oxygen atoms in total. The molecule has 0 spiro atoms. The standard InChI is InChI=1S/C16H26N2S2/c1-5-13-11(2)20-14(17-13)16(18-12-6-7-12)10-19-9-8-15(16,3)4/h12,18H,5-10H2,1-4H3. The Morgan fingerprint density at radius 3 is 2.65 bits per heavy atom. The number of thioether (sulfide) groups is 1. The number of aromatic nitrogens is 1. The summed E-state index contributed by atoms with van der Waals surface area (Å²) in [5.74, 6) is 2.46. The molecule has 1 unspecified atom stereocenters. The molecule has 1 aliphatic heterocycles. The first-order chi connectivity index (χ1) is 9.48. The first-order valence-electron chi connectivity index (χ1n) is 7.81. The molecule has 0 bridgehead atoms. The van der Waals surface area contributed by atoms with Gasteiger partial charge in [-0.3, -0.25) is 0 Å². The molecule has 1 saturated carbocycles. The summed E-state index contributed by atoms with van der Waals surface area (Å²) in [7, 11) is 0. The smallest absolute Gasteiger partial charge is 0.115 e. The Hall–Kier alpha value is -0.0600. The third kappa shape index (κ3) is 2.44. The van der Waals surface area contributed by atoms with Crippen LogP contribution in [-0.2, 0) is 12.0 Å². The SMILES string of the molecule is CCc1nc(C2(NC3CC3)CSCCC2(C)C)sc1C. The van der Waals surface area contributed by atoms with Gasteiger partial charge in [0.25, 0.3) is 0 Å². The summed E-state index contributed by atoms with van der Waals surface area (Å²) in [6.45, 7) is 9.32. The molecule has 0 radical (unpaired) electrons. The Balaban J connectivity index is 2.03. The molecule has 1 aromatic heterocycles. The zero-order chi connectivity index (χ0) is 14.4. The van der Waals surface area contributed by atoms with E-state index in [2.05, 4.69) is 44.8 Å². The summed E-state index contributed by atoms with van der Waals surface area (Å²) in [6.07, 6.45) is 5.01. The van der Waals surface area contributed by atoms with E-state index < -0.39 is 0 Å². The van der Waals surface area contributed by atoms with Crippen molar-refractivity contribution < 1.29 is 0 Å². The van der Waals surface area contributed by atoms with Crippen molar-refractivity contribution >= 4 is 23.1 Å². The van der Waals surface area contributed by atoms with Crippen LogP contribution in [0.2, 0.25) is 0 Å². The largest absolute Gasteiger partial charge is 0.301 e. The third-order valence-corrected chi connectivity index (χ3v) is 7.27. The quantitative estimate of drug-likeness (QED) is 0.905. The molecule has 1 aromatic rings. The molecule has 2 aliphatic rings. The van der Waals surface area contributed by atoms with Crippen molar-refractivity contribution in [1.29, 1.82) is 0 Å². The lowest BCUT2D eigenvalue weighted by atomic mass is 9.71. The van der Waals surface area contributed by atoms with E-state index in [-0.39, 0.29) is 11.0 Å². The van der Waals surface area contributed by atoms with Crippen molar-refractivity contribution in [3.8, 4) is 0 Å². The molecule has 1 N–H and O–H groups in total. The molecule has 2 fully saturated rings. The molecule has 1 saturated heterocycles. The van der Waals surface area contributed by atoms with Gasteiger partial charge in [-0.1, -0.05) is 20.8 Å². The number of rotatable bonds is 4. The van der Waals surface area contributed by atoms with E-state index in [1.807, 2.05) is 11.3 Å². The summed E-state index contributed by atoms with van der Waals surface area (Å²) in [4.78, 5) is 6.45. The molecule has 1 atom stereocenters. The molecule has 3 rings (SSSR count). The maximum Gasteiger partial charge on any atom is 0.115 e. The maximum absolute atomic E-state index is 5.04. The zero-order valence-electron chi connectivity index (χ0n) is 13.1. The summed E-state index contributed by atoms with van der Waals surface area (Å²) in [5.41, 5.74) is 1.67. The predicted molar refractivity (Wildman–Crippen MR) is 89.8 cm³/mol. The lowest BCUT2D eigenvalue weighted by Crippen LogP contribution is -2.58. The number of hydrogen-bond donors (Lipinski definition) is 1. The van der Waals surface area contributed by atoms with Gasteiger partial charge in [0.2, 0.25) is 0 Å². The topological polar surface area (TPSA) is 24.9 Å². The van der Waals surface area contributed by atoms with Crippen LogP contribution in [0.25, 0.3) is 0 Å². The summed E-state index contributed by atoms with van der Waals surface area (Å²) in [6, 6.07) is 0.724. The number of thiazole rings is 1. The second-order valence-electron chi connectivity index (χ2n) is 6.89. The maximum atomic E-state index is 5.04. The van der Waals surface area contributed by atoms with Gasteiger partial charge in [0.05, 0.1) is 11.2 Å². The van der Waals surface area contributed by atoms with Crippen LogP contribution in [0.3, 0.4) is 0 Å². The van der Waals surface area contributed by atoms with Crippen LogP contribution in [0.5, 0.6) is 0 Å². The van der Waals surface area contributed by atoms with Crippen LogP contribution in [0.1, 0.15) is 55.6 Å². The van der Waals surface area contributed by atoms with Crippen LogP contribution in [0, 0.1) is 12.3 Å². The number of nitrogens with zero attached hydrogens (tertiary/aromatic N) is 1. The number of hydrogen-bond acceptors (Lipinski definition) is 4. The molecule has 0 aromatic carbocycles. The second-order valence-corrected chi connectivity index (χ2v) is 9.19. The van der Waals surface area contributed by atoms with Crippen molar-refractivity contribution in [2.45, 2.75) is 65.0 Å². The van der Waals surface area contributed by atoms with E-state index in [9.17, 15) is 0 Å². The molecular weight excluding hydrogens is 284 g/mol. The van der Waals surface area contributed by atoms with Gasteiger partial charge in [-0.05, 0) is 43.8 Å². The highest BCUT2D eigenvalue weighted by Crippen LogP contribution is 2.51.